The Labute approximate surface area is 121 Å². The third kappa shape index (κ3) is 5.31. The van der Waals surface area contributed by atoms with Gasteiger partial charge in [-0.2, -0.15) is 0 Å². The van der Waals surface area contributed by atoms with E-state index in [1.165, 1.54) is 0 Å². The Bertz CT molecular complexity index is 420. The van der Waals surface area contributed by atoms with E-state index in [4.69, 9.17) is 14.2 Å². The lowest BCUT2D eigenvalue weighted by atomic mass is 10.1. The first-order valence-electron chi connectivity index (χ1n) is 7.02. The molecule has 0 saturated heterocycles. The number of benzene rings is 1. The molecule has 0 fully saturated rings. The molecule has 0 aliphatic carbocycles. The number of carbonyl (C=O) groups excluding carboxylic acids is 1. The molecular formula is C16H24O4. The fraction of sp³-hybridized carbons (Fsp3) is 0.562. The van der Waals surface area contributed by atoms with Crippen molar-refractivity contribution >= 4 is 5.97 Å². The number of esters is 1. The van der Waals surface area contributed by atoms with E-state index in [0.717, 1.165) is 11.1 Å². The smallest absolute Gasteiger partial charge is 0.338 e. The zero-order valence-corrected chi connectivity index (χ0v) is 12.8. The number of ether oxygens (including phenoxy) is 3. The molecule has 0 aliphatic heterocycles. The summed E-state index contributed by atoms with van der Waals surface area (Å²) < 4.78 is 16.1. The molecule has 0 spiro atoms. The molecule has 20 heavy (non-hydrogen) atoms. The fourth-order valence-electron chi connectivity index (χ4n) is 1.87. The van der Waals surface area contributed by atoms with Crippen molar-refractivity contribution in [2.24, 2.45) is 0 Å². The molecule has 0 bridgehead atoms. The number of hydrogen-bond donors (Lipinski definition) is 0. The standard InChI is InChI=1S/C16H24O4/c1-5-18-10-14(11-19-6-2)20-16(17)15-8-7-12(3)9-13(15)4/h7-9,14H,5-6,10-11H2,1-4H3. The van der Waals surface area contributed by atoms with Gasteiger partial charge in [-0.05, 0) is 39.3 Å². The topological polar surface area (TPSA) is 44.8 Å². The van der Waals surface area contributed by atoms with Crippen molar-refractivity contribution in [2.75, 3.05) is 26.4 Å². The summed E-state index contributed by atoms with van der Waals surface area (Å²) in [6.45, 7) is 9.60. The third-order valence-electron chi connectivity index (χ3n) is 2.89. The van der Waals surface area contributed by atoms with Gasteiger partial charge in [-0.15, -0.1) is 0 Å². The molecule has 1 rings (SSSR count). The largest absolute Gasteiger partial charge is 0.454 e. The first kappa shape index (κ1) is 16.7. The van der Waals surface area contributed by atoms with Crippen molar-refractivity contribution in [3.05, 3.63) is 34.9 Å². The van der Waals surface area contributed by atoms with Crippen molar-refractivity contribution < 1.29 is 19.0 Å². The summed E-state index contributed by atoms with van der Waals surface area (Å²) in [6.07, 6.45) is -0.372. The third-order valence-corrected chi connectivity index (χ3v) is 2.89. The van der Waals surface area contributed by atoms with Crippen LogP contribution in [-0.4, -0.2) is 38.5 Å². The minimum atomic E-state index is -0.372. The van der Waals surface area contributed by atoms with E-state index < -0.39 is 0 Å². The van der Waals surface area contributed by atoms with E-state index in [1.54, 1.807) is 6.07 Å². The molecule has 0 atom stereocenters. The van der Waals surface area contributed by atoms with Crippen molar-refractivity contribution in [1.29, 1.82) is 0 Å². The second-order valence-corrected chi connectivity index (χ2v) is 4.66. The zero-order chi connectivity index (χ0) is 15.0. The molecular weight excluding hydrogens is 256 g/mol. The van der Waals surface area contributed by atoms with Gasteiger partial charge in [-0.3, -0.25) is 0 Å². The second-order valence-electron chi connectivity index (χ2n) is 4.66. The Morgan fingerprint density at radius 2 is 1.70 bits per heavy atom. The van der Waals surface area contributed by atoms with Crippen LogP contribution in [0.3, 0.4) is 0 Å². The van der Waals surface area contributed by atoms with Gasteiger partial charge < -0.3 is 14.2 Å². The molecule has 4 nitrogen and oxygen atoms in total. The van der Waals surface area contributed by atoms with Gasteiger partial charge in [0.2, 0.25) is 0 Å². The van der Waals surface area contributed by atoms with E-state index in [2.05, 4.69) is 0 Å². The molecule has 0 aliphatic rings. The summed E-state index contributed by atoms with van der Waals surface area (Å²) >= 11 is 0. The predicted octanol–water partition coefficient (Wildman–Crippen LogP) is 2.90. The minimum Gasteiger partial charge on any atom is -0.454 e. The molecule has 0 saturated carbocycles. The number of aryl methyl sites for hydroxylation is 2. The van der Waals surface area contributed by atoms with E-state index in [9.17, 15) is 4.79 Å². The Morgan fingerprint density at radius 3 is 2.20 bits per heavy atom. The molecule has 0 unspecified atom stereocenters. The Kier molecular flexibility index (Phi) is 7.26. The Balaban J connectivity index is 2.68. The highest BCUT2D eigenvalue weighted by atomic mass is 16.6. The molecule has 1 aromatic rings. The van der Waals surface area contributed by atoms with E-state index >= 15 is 0 Å². The maximum Gasteiger partial charge on any atom is 0.338 e. The fourth-order valence-corrected chi connectivity index (χ4v) is 1.87. The summed E-state index contributed by atoms with van der Waals surface area (Å²) in [5.74, 6) is -0.327. The van der Waals surface area contributed by atoms with Crippen LogP contribution >= 0.6 is 0 Å². The first-order chi connectivity index (χ1) is 9.58. The first-order valence-corrected chi connectivity index (χ1v) is 7.02. The monoisotopic (exact) mass is 280 g/mol. The normalized spacial score (nSPS) is 10.8. The van der Waals surface area contributed by atoms with Crippen molar-refractivity contribution in [3.8, 4) is 0 Å². The highest BCUT2D eigenvalue weighted by molar-refractivity contribution is 5.91. The van der Waals surface area contributed by atoms with E-state index in [-0.39, 0.29) is 12.1 Å². The summed E-state index contributed by atoms with van der Waals surface area (Å²) in [6, 6.07) is 5.67. The van der Waals surface area contributed by atoms with Crippen LogP contribution in [0, 0.1) is 13.8 Å². The molecule has 0 radical (unpaired) electrons. The average Bonchev–Trinajstić information content (AvgIpc) is 2.41. The van der Waals surface area contributed by atoms with Crippen LogP contribution in [0.2, 0.25) is 0 Å². The molecule has 0 heterocycles. The van der Waals surface area contributed by atoms with Gasteiger partial charge >= 0.3 is 5.97 Å². The van der Waals surface area contributed by atoms with Gasteiger partial charge in [0.15, 0.2) is 0 Å². The van der Waals surface area contributed by atoms with Gasteiger partial charge in [0.25, 0.3) is 0 Å². The van der Waals surface area contributed by atoms with Gasteiger partial charge in [0.05, 0.1) is 18.8 Å². The zero-order valence-electron chi connectivity index (χ0n) is 12.8. The maximum absolute atomic E-state index is 12.2. The molecule has 0 aromatic heterocycles. The van der Waals surface area contributed by atoms with Crippen LogP contribution in [0.5, 0.6) is 0 Å². The highest BCUT2D eigenvalue weighted by Crippen LogP contribution is 2.13. The Hall–Kier alpha value is -1.39. The highest BCUT2D eigenvalue weighted by Gasteiger charge is 2.18. The molecule has 112 valence electrons. The number of rotatable bonds is 8. The van der Waals surface area contributed by atoms with E-state index in [1.807, 2.05) is 39.8 Å². The predicted molar refractivity (Wildman–Crippen MR) is 78.1 cm³/mol. The number of hydrogen-bond acceptors (Lipinski definition) is 4. The molecule has 1 aromatic carbocycles. The van der Waals surface area contributed by atoms with Gasteiger partial charge in [-0.1, -0.05) is 17.7 Å². The van der Waals surface area contributed by atoms with Crippen LogP contribution < -0.4 is 0 Å². The van der Waals surface area contributed by atoms with E-state index in [0.29, 0.717) is 32.0 Å². The van der Waals surface area contributed by atoms with Crippen LogP contribution in [-0.2, 0) is 14.2 Å². The SMILES string of the molecule is CCOCC(COCC)OC(=O)c1ccc(C)cc1C. The Morgan fingerprint density at radius 1 is 1.10 bits per heavy atom. The van der Waals surface area contributed by atoms with Crippen molar-refractivity contribution in [1.82, 2.24) is 0 Å². The van der Waals surface area contributed by atoms with Crippen LogP contribution in [0.4, 0.5) is 0 Å². The van der Waals surface area contributed by atoms with Crippen LogP contribution in [0.1, 0.15) is 35.3 Å². The lowest BCUT2D eigenvalue weighted by molar-refractivity contribution is -0.0364. The summed E-state index contributed by atoms with van der Waals surface area (Å²) in [7, 11) is 0. The lowest BCUT2D eigenvalue weighted by Gasteiger charge is -2.18. The number of carbonyl (C=O) groups is 1. The van der Waals surface area contributed by atoms with Gasteiger partial charge in [0, 0.05) is 13.2 Å². The second kappa shape index (κ2) is 8.72. The minimum absolute atomic E-state index is 0.327. The van der Waals surface area contributed by atoms with Gasteiger partial charge in [-0.25, -0.2) is 4.79 Å². The molecule has 0 N–H and O–H groups in total. The van der Waals surface area contributed by atoms with Crippen molar-refractivity contribution in [3.63, 3.8) is 0 Å². The summed E-state index contributed by atoms with van der Waals surface area (Å²) in [5.41, 5.74) is 2.63. The summed E-state index contributed by atoms with van der Waals surface area (Å²) in [4.78, 5) is 12.2. The average molecular weight is 280 g/mol. The quantitative estimate of drug-likeness (QED) is 0.687. The molecule has 0 amide bonds. The summed E-state index contributed by atoms with van der Waals surface area (Å²) in [5, 5.41) is 0. The maximum atomic E-state index is 12.2. The van der Waals surface area contributed by atoms with Gasteiger partial charge in [0.1, 0.15) is 6.10 Å². The van der Waals surface area contributed by atoms with Crippen LogP contribution in [0.15, 0.2) is 18.2 Å². The van der Waals surface area contributed by atoms with Crippen molar-refractivity contribution in [2.45, 2.75) is 33.8 Å². The molecule has 4 heteroatoms. The lowest BCUT2D eigenvalue weighted by Crippen LogP contribution is -2.29. The van der Waals surface area contributed by atoms with Crippen LogP contribution in [0.25, 0.3) is 0 Å².